The van der Waals surface area contributed by atoms with Gasteiger partial charge in [-0.25, -0.2) is 15.0 Å². The lowest BCUT2D eigenvalue weighted by molar-refractivity contribution is -0.384. The standard InChI is InChI=1S/C23H19N5O3/c1-27(2)18-9-5-16(6-10-18)21-14-22(17-7-11-19(12-8-17)28(29)30)26-23(25-21)24-15-20-4-3-13-31-20/h3-15H,1-2H3/b24-15+. The Balaban J connectivity index is 1.77. The van der Waals surface area contributed by atoms with E-state index in [0.29, 0.717) is 17.1 Å². The van der Waals surface area contributed by atoms with E-state index in [-0.39, 0.29) is 11.6 Å². The molecule has 0 spiro atoms. The van der Waals surface area contributed by atoms with Crippen molar-refractivity contribution in [2.45, 2.75) is 0 Å². The average Bonchev–Trinajstić information content (AvgIpc) is 3.31. The van der Waals surface area contributed by atoms with Crippen LogP contribution in [0.2, 0.25) is 0 Å². The molecule has 0 radical (unpaired) electrons. The van der Waals surface area contributed by atoms with Gasteiger partial charge < -0.3 is 9.32 Å². The first kappa shape index (κ1) is 20.0. The highest BCUT2D eigenvalue weighted by molar-refractivity contribution is 5.78. The summed E-state index contributed by atoms with van der Waals surface area (Å²) in [5.74, 6) is 0.847. The highest BCUT2D eigenvalue weighted by atomic mass is 16.6. The van der Waals surface area contributed by atoms with E-state index >= 15 is 0 Å². The minimum Gasteiger partial charge on any atom is -0.463 e. The Bertz CT molecular complexity index is 1220. The van der Waals surface area contributed by atoms with E-state index in [9.17, 15) is 10.1 Å². The van der Waals surface area contributed by atoms with Crippen molar-refractivity contribution < 1.29 is 9.34 Å². The minimum atomic E-state index is -0.430. The zero-order valence-electron chi connectivity index (χ0n) is 17.0. The lowest BCUT2D eigenvalue weighted by Gasteiger charge is -2.13. The topological polar surface area (TPSA) is 97.7 Å². The summed E-state index contributed by atoms with van der Waals surface area (Å²) in [6, 6.07) is 19.6. The van der Waals surface area contributed by atoms with Crippen molar-refractivity contribution in [2.75, 3.05) is 19.0 Å². The molecule has 0 fully saturated rings. The number of aromatic nitrogens is 2. The third-order valence-electron chi connectivity index (χ3n) is 4.62. The van der Waals surface area contributed by atoms with Gasteiger partial charge in [0.05, 0.1) is 28.8 Å². The fourth-order valence-corrected chi connectivity index (χ4v) is 2.96. The van der Waals surface area contributed by atoms with Gasteiger partial charge in [-0.1, -0.05) is 12.1 Å². The number of anilines is 1. The molecule has 2 aromatic heterocycles. The van der Waals surface area contributed by atoms with E-state index in [4.69, 9.17) is 4.42 Å². The lowest BCUT2D eigenvalue weighted by atomic mass is 10.1. The number of hydrogen-bond donors (Lipinski definition) is 0. The second kappa shape index (κ2) is 8.58. The van der Waals surface area contributed by atoms with Crippen LogP contribution in [0.4, 0.5) is 17.3 Å². The Hall–Kier alpha value is -4.33. The van der Waals surface area contributed by atoms with E-state index in [2.05, 4.69) is 15.0 Å². The van der Waals surface area contributed by atoms with Crippen LogP contribution in [0.1, 0.15) is 5.76 Å². The number of nitrogens with zero attached hydrogens (tertiary/aromatic N) is 5. The van der Waals surface area contributed by atoms with E-state index in [0.717, 1.165) is 16.8 Å². The van der Waals surface area contributed by atoms with Crippen LogP contribution in [0.25, 0.3) is 22.5 Å². The average molecular weight is 413 g/mol. The van der Waals surface area contributed by atoms with Gasteiger partial charge in [0.25, 0.3) is 11.6 Å². The molecule has 0 saturated heterocycles. The molecule has 0 bridgehead atoms. The van der Waals surface area contributed by atoms with Gasteiger partial charge in [-0.3, -0.25) is 10.1 Å². The molecule has 0 amide bonds. The molecule has 0 N–H and O–H groups in total. The molecule has 2 heterocycles. The van der Waals surface area contributed by atoms with E-state index in [1.165, 1.54) is 12.1 Å². The maximum Gasteiger partial charge on any atom is 0.269 e. The van der Waals surface area contributed by atoms with E-state index in [1.807, 2.05) is 49.3 Å². The maximum absolute atomic E-state index is 11.0. The highest BCUT2D eigenvalue weighted by Gasteiger charge is 2.11. The quantitative estimate of drug-likeness (QED) is 0.247. The number of nitro benzene ring substituents is 1. The van der Waals surface area contributed by atoms with Gasteiger partial charge in [0, 0.05) is 43.0 Å². The van der Waals surface area contributed by atoms with Gasteiger partial charge in [0.15, 0.2) is 0 Å². The normalized spacial score (nSPS) is 11.0. The number of nitro groups is 1. The Morgan fingerprint density at radius 1 is 0.968 bits per heavy atom. The Kier molecular flexibility index (Phi) is 5.53. The minimum absolute atomic E-state index is 0.0216. The fourth-order valence-electron chi connectivity index (χ4n) is 2.96. The van der Waals surface area contributed by atoms with Crippen molar-refractivity contribution >= 4 is 23.5 Å². The lowest BCUT2D eigenvalue weighted by Crippen LogP contribution is -2.07. The highest BCUT2D eigenvalue weighted by Crippen LogP contribution is 2.28. The molecule has 4 aromatic rings. The first-order valence-corrected chi connectivity index (χ1v) is 9.49. The maximum atomic E-state index is 11.0. The van der Waals surface area contributed by atoms with Crippen molar-refractivity contribution in [1.82, 2.24) is 9.97 Å². The van der Waals surface area contributed by atoms with Crippen LogP contribution in [0.3, 0.4) is 0 Å². The van der Waals surface area contributed by atoms with Gasteiger partial charge in [-0.05, 0) is 42.5 Å². The van der Waals surface area contributed by atoms with Crippen molar-refractivity contribution in [1.29, 1.82) is 0 Å². The molecule has 0 aliphatic carbocycles. The zero-order valence-corrected chi connectivity index (χ0v) is 17.0. The zero-order chi connectivity index (χ0) is 21.8. The van der Waals surface area contributed by atoms with Crippen molar-refractivity contribution in [3.63, 3.8) is 0 Å². The number of benzene rings is 2. The van der Waals surface area contributed by atoms with Crippen LogP contribution in [0.15, 0.2) is 82.4 Å². The number of hydrogen-bond acceptors (Lipinski definition) is 7. The summed E-state index contributed by atoms with van der Waals surface area (Å²) in [5, 5.41) is 11.0. The summed E-state index contributed by atoms with van der Waals surface area (Å²) in [5.41, 5.74) is 4.04. The summed E-state index contributed by atoms with van der Waals surface area (Å²) in [6.07, 6.45) is 3.11. The van der Waals surface area contributed by atoms with Gasteiger partial charge in [0.2, 0.25) is 0 Å². The molecule has 0 saturated carbocycles. The van der Waals surface area contributed by atoms with Crippen molar-refractivity contribution in [2.24, 2.45) is 4.99 Å². The largest absolute Gasteiger partial charge is 0.463 e. The number of rotatable bonds is 6. The third-order valence-corrected chi connectivity index (χ3v) is 4.62. The smallest absolute Gasteiger partial charge is 0.269 e. The molecular weight excluding hydrogens is 394 g/mol. The van der Waals surface area contributed by atoms with Crippen LogP contribution in [0.5, 0.6) is 0 Å². The Morgan fingerprint density at radius 2 is 1.58 bits per heavy atom. The van der Waals surface area contributed by atoms with E-state index in [1.54, 1.807) is 36.7 Å². The van der Waals surface area contributed by atoms with Crippen LogP contribution >= 0.6 is 0 Å². The third kappa shape index (κ3) is 4.64. The molecule has 0 aliphatic heterocycles. The molecule has 8 heteroatoms. The predicted molar refractivity (Wildman–Crippen MR) is 120 cm³/mol. The van der Waals surface area contributed by atoms with Crippen LogP contribution < -0.4 is 4.90 Å². The number of aliphatic imine (C=N–C) groups is 1. The Morgan fingerprint density at radius 3 is 2.10 bits per heavy atom. The second-order valence-electron chi connectivity index (χ2n) is 6.96. The molecule has 0 atom stereocenters. The monoisotopic (exact) mass is 413 g/mol. The number of non-ortho nitro benzene ring substituents is 1. The molecule has 0 unspecified atom stereocenters. The van der Waals surface area contributed by atoms with Gasteiger partial charge in [-0.15, -0.1) is 0 Å². The molecular formula is C23H19N5O3. The van der Waals surface area contributed by atoms with E-state index < -0.39 is 4.92 Å². The summed E-state index contributed by atoms with van der Waals surface area (Å²) in [6.45, 7) is 0. The SMILES string of the molecule is CN(C)c1ccc(-c2cc(-c3ccc([N+](=O)[O-])cc3)nc(/N=C/c3ccco3)n2)cc1. The van der Waals surface area contributed by atoms with Gasteiger partial charge in [-0.2, -0.15) is 0 Å². The first-order chi connectivity index (χ1) is 15.0. The van der Waals surface area contributed by atoms with Crippen LogP contribution in [-0.2, 0) is 0 Å². The summed E-state index contributed by atoms with van der Waals surface area (Å²) >= 11 is 0. The Labute approximate surface area is 178 Å². The predicted octanol–water partition coefficient (Wildman–Crippen LogP) is 5.13. The van der Waals surface area contributed by atoms with Crippen molar-refractivity contribution in [3.05, 3.63) is 88.9 Å². The number of furan rings is 1. The molecule has 4 rings (SSSR count). The molecule has 8 nitrogen and oxygen atoms in total. The first-order valence-electron chi connectivity index (χ1n) is 9.49. The van der Waals surface area contributed by atoms with Gasteiger partial charge >= 0.3 is 0 Å². The molecule has 2 aromatic carbocycles. The van der Waals surface area contributed by atoms with Crippen molar-refractivity contribution in [3.8, 4) is 22.5 Å². The van der Waals surface area contributed by atoms with Crippen LogP contribution in [0, 0.1) is 10.1 Å². The summed E-state index contributed by atoms with van der Waals surface area (Å²) in [7, 11) is 3.96. The van der Waals surface area contributed by atoms with Crippen LogP contribution in [-0.4, -0.2) is 35.2 Å². The molecule has 154 valence electrons. The summed E-state index contributed by atoms with van der Waals surface area (Å²) < 4.78 is 5.28. The second-order valence-corrected chi connectivity index (χ2v) is 6.96. The molecule has 0 aliphatic rings. The molecule has 31 heavy (non-hydrogen) atoms. The fraction of sp³-hybridized carbons (Fsp3) is 0.0870. The summed E-state index contributed by atoms with van der Waals surface area (Å²) in [4.78, 5) is 26.0. The van der Waals surface area contributed by atoms with Gasteiger partial charge in [0.1, 0.15) is 5.76 Å².